The van der Waals surface area contributed by atoms with Crippen molar-refractivity contribution in [2.75, 3.05) is 18.5 Å². The van der Waals surface area contributed by atoms with E-state index in [2.05, 4.69) is 11.9 Å². The molecule has 0 spiro atoms. The van der Waals surface area contributed by atoms with E-state index in [-0.39, 0.29) is 11.7 Å². The van der Waals surface area contributed by atoms with Crippen LogP contribution in [0, 0.1) is 0 Å². The second-order valence-corrected chi connectivity index (χ2v) is 4.70. The fourth-order valence-corrected chi connectivity index (χ4v) is 1.97. The first-order chi connectivity index (χ1) is 11.1. The van der Waals surface area contributed by atoms with E-state index in [9.17, 15) is 9.90 Å². The van der Waals surface area contributed by atoms with Gasteiger partial charge in [-0.15, -0.1) is 0 Å². The number of phenols is 1. The van der Waals surface area contributed by atoms with Gasteiger partial charge in [0.25, 0.3) is 5.91 Å². The van der Waals surface area contributed by atoms with Crippen LogP contribution in [0.25, 0.3) is 0 Å². The van der Waals surface area contributed by atoms with E-state index in [0.29, 0.717) is 36.0 Å². The molecule has 0 saturated heterocycles. The molecule has 23 heavy (non-hydrogen) atoms. The van der Waals surface area contributed by atoms with Crippen LogP contribution in [0.2, 0.25) is 0 Å². The maximum absolute atomic E-state index is 12.3. The normalized spacial score (nSPS) is 9.96. The van der Waals surface area contributed by atoms with E-state index in [4.69, 9.17) is 9.47 Å². The molecule has 2 aromatic rings. The zero-order valence-electron chi connectivity index (χ0n) is 12.9. The van der Waals surface area contributed by atoms with Gasteiger partial charge in [0.1, 0.15) is 12.4 Å². The summed E-state index contributed by atoms with van der Waals surface area (Å²) in [5.74, 6) is 0.844. The van der Waals surface area contributed by atoms with Crippen LogP contribution in [0.1, 0.15) is 17.3 Å². The summed E-state index contributed by atoms with van der Waals surface area (Å²) < 4.78 is 11.0. The SMILES string of the molecule is C=CCOc1ccc(C(=O)Nc2cccc(O)c2)cc1OCC. The molecule has 0 aliphatic heterocycles. The molecule has 2 rings (SSSR count). The number of rotatable bonds is 7. The number of nitrogens with one attached hydrogen (secondary N) is 1. The highest BCUT2D eigenvalue weighted by atomic mass is 16.5. The van der Waals surface area contributed by atoms with Crippen molar-refractivity contribution >= 4 is 11.6 Å². The summed E-state index contributed by atoms with van der Waals surface area (Å²) in [6, 6.07) is 11.3. The van der Waals surface area contributed by atoms with Gasteiger partial charge in [-0.05, 0) is 37.3 Å². The van der Waals surface area contributed by atoms with E-state index in [1.54, 1.807) is 36.4 Å². The average molecular weight is 313 g/mol. The third-order valence-corrected chi connectivity index (χ3v) is 2.97. The van der Waals surface area contributed by atoms with Gasteiger partial charge in [0.2, 0.25) is 0 Å². The predicted octanol–water partition coefficient (Wildman–Crippen LogP) is 3.61. The molecule has 0 aliphatic carbocycles. The minimum Gasteiger partial charge on any atom is -0.508 e. The van der Waals surface area contributed by atoms with Gasteiger partial charge in [-0.1, -0.05) is 18.7 Å². The Morgan fingerprint density at radius 1 is 1.22 bits per heavy atom. The van der Waals surface area contributed by atoms with Gasteiger partial charge in [0.15, 0.2) is 11.5 Å². The second kappa shape index (κ2) is 7.89. The summed E-state index contributed by atoms with van der Waals surface area (Å²) in [7, 11) is 0. The molecule has 1 amide bonds. The van der Waals surface area contributed by atoms with Crippen molar-refractivity contribution in [2.45, 2.75) is 6.92 Å². The molecule has 0 radical (unpaired) electrons. The van der Waals surface area contributed by atoms with E-state index < -0.39 is 0 Å². The lowest BCUT2D eigenvalue weighted by atomic mass is 10.1. The zero-order chi connectivity index (χ0) is 16.7. The molecule has 0 aromatic heterocycles. The first kappa shape index (κ1) is 16.4. The monoisotopic (exact) mass is 313 g/mol. The molecule has 0 heterocycles. The third kappa shape index (κ3) is 4.51. The molecule has 5 nitrogen and oxygen atoms in total. The van der Waals surface area contributed by atoms with Crippen molar-refractivity contribution < 1.29 is 19.4 Å². The maximum atomic E-state index is 12.3. The highest BCUT2D eigenvalue weighted by Gasteiger charge is 2.12. The first-order valence-electron chi connectivity index (χ1n) is 7.25. The number of anilines is 1. The maximum Gasteiger partial charge on any atom is 0.255 e. The number of carbonyl (C=O) groups is 1. The van der Waals surface area contributed by atoms with Crippen molar-refractivity contribution in [1.82, 2.24) is 0 Å². The van der Waals surface area contributed by atoms with Crippen molar-refractivity contribution in [2.24, 2.45) is 0 Å². The summed E-state index contributed by atoms with van der Waals surface area (Å²) in [4.78, 5) is 12.3. The van der Waals surface area contributed by atoms with E-state index in [1.807, 2.05) is 6.92 Å². The van der Waals surface area contributed by atoms with Crippen LogP contribution in [-0.4, -0.2) is 24.2 Å². The predicted molar refractivity (Wildman–Crippen MR) is 89.4 cm³/mol. The van der Waals surface area contributed by atoms with E-state index in [1.165, 1.54) is 12.1 Å². The molecular formula is C18H19NO4. The van der Waals surface area contributed by atoms with Crippen LogP contribution >= 0.6 is 0 Å². The first-order valence-corrected chi connectivity index (χ1v) is 7.25. The number of amides is 1. The second-order valence-electron chi connectivity index (χ2n) is 4.70. The van der Waals surface area contributed by atoms with Crippen LogP contribution < -0.4 is 14.8 Å². The molecule has 0 fully saturated rings. The number of benzene rings is 2. The minimum absolute atomic E-state index is 0.0889. The number of aromatic hydroxyl groups is 1. The quantitative estimate of drug-likeness (QED) is 0.766. The molecular weight excluding hydrogens is 294 g/mol. The van der Waals surface area contributed by atoms with Crippen LogP contribution in [-0.2, 0) is 0 Å². The van der Waals surface area contributed by atoms with Crippen molar-refractivity contribution in [1.29, 1.82) is 0 Å². The Kier molecular flexibility index (Phi) is 5.63. The van der Waals surface area contributed by atoms with Gasteiger partial charge >= 0.3 is 0 Å². The van der Waals surface area contributed by atoms with Gasteiger partial charge in [-0.25, -0.2) is 0 Å². The Morgan fingerprint density at radius 3 is 2.74 bits per heavy atom. The Morgan fingerprint density at radius 2 is 2.04 bits per heavy atom. The van der Waals surface area contributed by atoms with Crippen LogP contribution in [0.3, 0.4) is 0 Å². The Balaban J connectivity index is 2.19. The van der Waals surface area contributed by atoms with Crippen molar-refractivity contribution in [3.63, 3.8) is 0 Å². The average Bonchev–Trinajstić information content (AvgIpc) is 2.54. The number of phenolic OH excluding ortho intramolecular Hbond substituents is 1. The van der Waals surface area contributed by atoms with Crippen LogP contribution in [0.5, 0.6) is 17.2 Å². The molecule has 0 atom stereocenters. The molecule has 5 heteroatoms. The lowest BCUT2D eigenvalue weighted by Crippen LogP contribution is -2.12. The van der Waals surface area contributed by atoms with Gasteiger partial charge < -0.3 is 19.9 Å². The van der Waals surface area contributed by atoms with Crippen LogP contribution in [0.4, 0.5) is 5.69 Å². The lowest BCUT2D eigenvalue weighted by molar-refractivity contribution is 0.102. The van der Waals surface area contributed by atoms with Gasteiger partial charge in [0.05, 0.1) is 6.61 Å². The van der Waals surface area contributed by atoms with Crippen LogP contribution in [0.15, 0.2) is 55.1 Å². The lowest BCUT2D eigenvalue weighted by Gasteiger charge is -2.12. The summed E-state index contributed by atoms with van der Waals surface area (Å²) in [5, 5.41) is 12.2. The summed E-state index contributed by atoms with van der Waals surface area (Å²) in [6.07, 6.45) is 1.64. The molecule has 0 saturated carbocycles. The number of hydrogen-bond donors (Lipinski definition) is 2. The number of hydrogen-bond acceptors (Lipinski definition) is 4. The van der Waals surface area contributed by atoms with E-state index in [0.717, 1.165) is 0 Å². The smallest absolute Gasteiger partial charge is 0.255 e. The highest BCUT2D eigenvalue weighted by Crippen LogP contribution is 2.29. The molecule has 0 aliphatic rings. The Bertz CT molecular complexity index is 697. The number of ether oxygens (including phenoxy) is 2. The Labute approximate surface area is 135 Å². The molecule has 2 N–H and O–H groups in total. The molecule has 0 unspecified atom stereocenters. The molecule has 120 valence electrons. The fraction of sp³-hybridized carbons (Fsp3) is 0.167. The van der Waals surface area contributed by atoms with Gasteiger partial charge in [-0.2, -0.15) is 0 Å². The van der Waals surface area contributed by atoms with Crippen molar-refractivity contribution in [3.05, 3.63) is 60.7 Å². The topological polar surface area (TPSA) is 67.8 Å². The number of carbonyl (C=O) groups excluding carboxylic acids is 1. The zero-order valence-corrected chi connectivity index (χ0v) is 12.9. The fourth-order valence-electron chi connectivity index (χ4n) is 1.97. The largest absolute Gasteiger partial charge is 0.508 e. The van der Waals surface area contributed by atoms with Gasteiger partial charge in [0, 0.05) is 17.3 Å². The summed E-state index contributed by atoms with van der Waals surface area (Å²) in [6.45, 7) is 6.28. The van der Waals surface area contributed by atoms with Gasteiger partial charge in [-0.3, -0.25) is 4.79 Å². The summed E-state index contributed by atoms with van der Waals surface area (Å²) in [5.41, 5.74) is 0.947. The third-order valence-electron chi connectivity index (χ3n) is 2.97. The summed E-state index contributed by atoms with van der Waals surface area (Å²) >= 11 is 0. The molecule has 0 bridgehead atoms. The standard InChI is InChI=1S/C18H19NO4/c1-3-10-23-16-9-8-13(11-17(16)22-4-2)18(21)19-14-6-5-7-15(20)12-14/h3,5-9,11-12,20H,1,4,10H2,2H3,(H,19,21). The minimum atomic E-state index is -0.299. The Hall–Kier alpha value is -2.95. The highest BCUT2D eigenvalue weighted by molar-refractivity contribution is 6.04. The molecule has 2 aromatic carbocycles. The van der Waals surface area contributed by atoms with Crippen molar-refractivity contribution in [3.8, 4) is 17.2 Å². The van der Waals surface area contributed by atoms with E-state index >= 15 is 0 Å².